The summed E-state index contributed by atoms with van der Waals surface area (Å²) in [6.07, 6.45) is 5.82. The molecule has 0 aliphatic rings. The molecular weight excluding hydrogens is 266 g/mol. The zero-order valence-electron chi connectivity index (χ0n) is 10.9. The minimum absolute atomic E-state index is 0.0873. The highest BCUT2D eigenvalue weighted by molar-refractivity contribution is 6.32. The molecule has 2 rings (SSSR count). The van der Waals surface area contributed by atoms with Crippen LogP contribution >= 0.6 is 11.6 Å². The summed E-state index contributed by atoms with van der Waals surface area (Å²) >= 11 is 6.07. The van der Waals surface area contributed by atoms with Gasteiger partial charge < -0.3 is 10.3 Å². The number of H-pyrrole nitrogens is 1. The lowest BCUT2D eigenvalue weighted by atomic mass is 10.3. The number of aryl methyl sites for hydroxylation is 1. The van der Waals surface area contributed by atoms with Gasteiger partial charge in [-0.25, -0.2) is 9.67 Å². The SMILES string of the molecule is CCCn1ncc(NC(C)c2ncc[nH]2)c(Cl)c1=O. The number of anilines is 1. The molecule has 2 aromatic rings. The second kappa shape index (κ2) is 5.88. The largest absolute Gasteiger partial charge is 0.373 e. The molecule has 0 spiro atoms. The number of aromatic amines is 1. The Kier molecular flexibility index (Phi) is 4.21. The van der Waals surface area contributed by atoms with E-state index in [1.807, 2.05) is 13.8 Å². The Balaban J connectivity index is 2.22. The van der Waals surface area contributed by atoms with Crippen molar-refractivity contribution in [3.05, 3.63) is 39.8 Å². The highest BCUT2D eigenvalue weighted by Crippen LogP contribution is 2.20. The van der Waals surface area contributed by atoms with Crippen molar-refractivity contribution in [3.8, 4) is 0 Å². The fourth-order valence-corrected chi connectivity index (χ4v) is 1.95. The Bertz CT molecular complexity index is 593. The molecule has 2 heterocycles. The van der Waals surface area contributed by atoms with Crippen molar-refractivity contribution >= 4 is 17.3 Å². The summed E-state index contributed by atoms with van der Waals surface area (Å²) in [5.74, 6) is 0.772. The first-order valence-electron chi connectivity index (χ1n) is 6.15. The summed E-state index contributed by atoms with van der Waals surface area (Å²) in [7, 11) is 0. The van der Waals surface area contributed by atoms with Crippen molar-refractivity contribution in [1.82, 2.24) is 19.7 Å². The standard InChI is InChI=1S/C12H16ClN5O/c1-3-6-18-12(19)10(13)9(7-16-18)17-8(2)11-14-4-5-15-11/h4-5,7-8,17H,3,6H2,1-2H3,(H,14,15). The van der Waals surface area contributed by atoms with Crippen LogP contribution in [0.25, 0.3) is 0 Å². The number of nitrogens with zero attached hydrogens (tertiary/aromatic N) is 3. The second-order valence-electron chi connectivity index (χ2n) is 4.24. The first-order valence-corrected chi connectivity index (χ1v) is 6.52. The Morgan fingerprint density at radius 1 is 1.58 bits per heavy atom. The predicted octanol–water partition coefficient (Wildman–Crippen LogP) is 2.20. The van der Waals surface area contributed by atoms with E-state index in [-0.39, 0.29) is 16.6 Å². The van der Waals surface area contributed by atoms with E-state index in [1.54, 1.807) is 18.6 Å². The smallest absolute Gasteiger partial charge is 0.287 e. The van der Waals surface area contributed by atoms with E-state index in [1.165, 1.54) is 4.68 Å². The van der Waals surface area contributed by atoms with Crippen LogP contribution in [0.4, 0.5) is 5.69 Å². The minimum atomic E-state index is -0.278. The van der Waals surface area contributed by atoms with Gasteiger partial charge in [0.25, 0.3) is 5.56 Å². The maximum absolute atomic E-state index is 12.0. The van der Waals surface area contributed by atoms with Gasteiger partial charge in [0.1, 0.15) is 10.8 Å². The molecule has 1 unspecified atom stereocenters. The van der Waals surface area contributed by atoms with Crippen LogP contribution in [-0.4, -0.2) is 19.7 Å². The normalized spacial score (nSPS) is 12.4. The maximum Gasteiger partial charge on any atom is 0.287 e. The predicted molar refractivity (Wildman–Crippen MR) is 74.4 cm³/mol. The van der Waals surface area contributed by atoms with Gasteiger partial charge in [-0.3, -0.25) is 4.79 Å². The van der Waals surface area contributed by atoms with E-state index in [0.717, 1.165) is 12.2 Å². The van der Waals surface area contributed by atoms with E-state index in [0.29, 0.717) is 12.2 Å². The number of nitrogens with one attached hydrogen (secondary N) is 2. The molecule has 0 aliphatic carbocycles. The average molecular weight is 282 g/mol. The molecule has 19 heavy (non-hydrogen) atoms. The summed E-state index contributed by atoms with van der Waals surface area (Å²) in [6, 6.07) is -0.0873. The lowest BCUT2D eigenvalue weighted by Gasteiger charge is -2.14. The Hall–Kier alpha value is -1.82. The molecule has 0 aromatic carbocycles. The molecule has 7 heteroatoms. The average Bonchev–Trinajstić information content (AvgIpc) is 2.92. The summed E-state index contributed by atoms with van der Waals surface area (Å²) in [5, 5.41) is 7.37. The van der Waals surface area contributed by atoms with E-state index in [4.69, 9.17) is 11.6 Å². The van der Waals surface area contributed by atoms with Crippen LogP contribution in [0.5, 0.6) is 0 Å². The Morgan fingerprint density at radius 3 is 3.00 bits per heavy atom. The van der Waals surface area contributed by atoms with Gasteiger partial charge in [0.05, 0.1) is 17.9 Å². The summed E-state index contributed by atoms with van der Waals surface area (Å²) in [4.78, 5) is 19.1. The highest BCUT2D eigenvalue weighted by Gasteiger charge is 2.13. The molecule has 1 atom stereocenters. The van der Waals surface area contributed by atoms with Crippen molar-refractivity contribution in [2.75, 3.05) is 5.32 Å². The molecule has 0 amide bonds. The molecule has 0 bridgehead atoms. The quantitative estimate of drug-likeness (QED) is 0.881. The lowest BCUT2D eigenvalue weighted by Crippen LogP contribution is -2.24. The number of imidazole rings is 1. The van der Waals surface area contributed by atoms with Crippen LogP contribution < -0.4 is 10.9 Å². The van der Waals surface area contributed by atoms with E-state index < -0.39 is 0 Å². The summed E-state index contributed by atoms with van der Waals surface area (Å²) in [5.41, 5.74) is 0.239. The van der Waals surface area contributed by atoms with Crippen LogP contribution in [0, 0.1) is 0 Å². The van der Waals surface area contributed by atoms with Crippen molar-refractivity contribution < 1.29 is 0 Å². The molecular formula is C12H16ClN5O. The first-order chi connectivity index (χ1) is 9.13. The maximum atomic E-state index is 12.0. The second-order valence-corrected chi connectivity index (χ2v) is 4.62. The van der Waals surface area contributed by atoms with E-state index in [9.17, 15) is 4.79 Å². The lowest BCUT2D eigenvalue weighted by molar-refractivity contribution is 0.568. The monoisotopic (exact) mass is 281 g/mol. The van der Waals surface area contributed by atoms with Gasteiger partial charge in [0.2, 0.25) is 0 Å². The van der Waals surface area contributed by atoms with Crippen LogP contribution in [-0.2, 0) is 6.54 Å². The van der Waals surface area contributed by atoms with Crippen molar-refractivity contribution in [2.45, 2.75) is 32.9 Å². The van der Waals surface area contributed by atoms with E-state index in [2.05, 4.69) is 20.4 Å². The fourth-order valence-electron chi connectivity index (χ4n) is 1.75. The van der Waals surface area contributed by atoms with Crippen molar-refractivity contribution in [1.29, 1.82) is 0 Å². The summed E-state index contributed by atoms with van der Waals surface area (Å²) < 4.78 is 1.37. The van der Waals surface area contributed by atoms with Gasteiger partial charge >= 0.3 is 0 Å². The highest BCUT2D eigenvalue weighted by atomic mass is 35.5. The number of rotatable bonds is 5. The topological polar surface area (TPSA) is 75.6 Å². The van der Waals surface area contributed by atoms with Crippen LogP contribution in [0.3, 0.4) is 0 Å². The zero-order chi connectivity index (χ0) is 13.8. The van der Waals surface area contributed by atoms with Crippen LogP contribution in [0.15, 0.2) is 23.4 Å². The fraction of sp³-hybridized carbons (Fsp3) is 0.417. The van der Waals surface area contributed by atoms with Crippen LogP contribution in [0.2, 0.25) is 5.02 Å². The first kappa shape index (κ1) is 13.6. The third-order valence-corrected chi connectivity index (χ3v) is 3.09. The van der Waals surface area contributed by atoms with Gasteiger partial charge in [0, 0.05) is 18.9 Å². The minimum Gasteiger partial charge on any atom is -0.373 e. The molecule has 0 saturated heterocycles. The molecule has 0 radical (unpaired) electrons. The molecule has 2 N–H and O–H groups in total. The Morgan fingerprint density at radius 2 is 2.37 bits per heavy atom. The Labute approximate surface area is 115 Å². The zero-order valence-corrected chi connectivity index (χ0v) is 11.6. The van der Waals surface area contributed by atoms with E-state index >= 15 is 0 Å². The molecule has 0 aliphatic heterocycles. The van der Waals surface area contributed by atoms with Gasteiger partial charge in [-0.05, 0) is 13.3 Å². The number of hydrogen-bond acceptors (Lipinski definition) is 4. The third kappa shape index (κ3) is 2.96. The number of aromatic nitrogens is 4. The number of halogens is 1. The molecule has 6 nitrogen and oxygen atoms in total. The van der Waals surface area contributed by atoms with Crippen molar-refractivity contribution in [2.24, 2.45) is 0 Å². The van der Waals surface area contributed by atoms with Crippen molar-refractivity contribution in [3.63, 3.8) is 0 Å². The van der Waals surface area contributed by atoms with Crippen LogP contribution in [0.1, 0.15) is 32.1 Å². The molecule has 0 saturated carbocycles. The molecule has 0 fully saturated rings. The van der Waals surface area contributed by atoms with Gasteiger partial charge in [-0.2, -0.15) is 5.10 Å². The van der Waals surface area contributed by atoms with Gasteiger partial charge in [0.15, 0.2) is 0 Å². The molecule has 102 valence electrons. The molecule has 2 aromatic heterocycles. The summed E-state index contributed by atoms with van der Waals surface area (Å²) in [6.45, 7) is 4.46. The van der Waals surface area contributed by atoms with Gasteiger partial charge in [-0.1, -0.05) is 18.5 Å². The third-order valence-electron chi connectivity index (χ3n) is 2.72. The van der Waals surface area contributed by atoms with Gasteiger partial charge in [-0.15, -0.1) is 0 Å². The number of hydrogen-bond donors (Lipinski definition) is 2.